The van der Waals surface area contributed by atoms with Gasteiger partial charge in [-0.2, -0.15) is 0 Å². The normalized spacial score (nSPS) is 12.7. The van der Waals surface area contributed by atoms with Crippen LogP contribution in [0.3, 0.4) is 0 Å². The van der Waals surface area contributed by atoms with Crippen molar-refractivity contribution < 1.29 is 21.6 Å². The number of rotatable bonds is 7. The highest BCUT2D eigenvalue weighted by molar-refractivity contribution is 7.92. The number of benzene rings is 3. The largest absolute Gasteiger partial charge is 0.346 e. The molecule has 9 heteroatoms. The Morgan fingerprint density at radius 3 is 2.00 bits per heavy atom. The lowest BCUT2D eigenvalue weighted by Crippen LogP contribution is -2.27. The van der Waals surface area contributed by atoms with Gasteiger partial charge in [-0.3, -0.25) is 9.52 Å². The average molecular weight is 501 g/mol. The van der Waals surface area contributed by atoms with Gasteiger partial charge in [0.15, 0.2) is 9.84 Å². The SMILES string of the molecule is Cc1ccc(NS(=O)(=O)c2cc(C(=O)N[C@@H](C)c3ccc(S(C)(=O)=O)cc3)ccc2C)cc1C. The van der Waals surface area contributed by atoms with Crippen molar-refractivity contribution in [1.29, 1.82) is 0 Å². The average Bonchev–Trinajstić information content (AvgIpc) is 2.75. The number of carbonyl (C=O) groups excluding carboxylic acids is 1. The minimum atomic E-state index is -3.92. The quantitative estimate of drug-likeness (QED) is 0.503. The highest BCUT2D eigenvalue weighted by Gasteiger charge is 2.21. The fraction of sp³-hybridized carbons (Fsp3) is 0.240. The van der Waals surface area contributed by atoms with E-state index < -0.39 is 31.8 Å². The van der Waals surface area contributed by atoms with Crippen molar-refractivity contribution in [3.63, 3.8) is 0 Å². The maximum Gasteiger partial charge on any atom is 0.262 e. The summed E-state index contributed by atoms with van der Waals surface area (Å²) in [7, 11) is -7.23. The van der Waals surface area contributed by atoms with Gasteiger partial charge >= 0.3 is 0 Å². The molecule has 0 heterocycles. The molecule has 0 aliphatic rings. The van der Waals surface area contributed by atoms with Crippen LogP contribution in [0.1, 0.15) is 45.6 Å². The molecule has 0 radical (unpaired) electrons. The van der Waals surface area contributed by atoms with E-state index in [1.54, 1.807) is 50.2 Å². The van der Waals surface area contributed by atoms with Gasteiger partial charge in [0.25, 0.3) is 15.9 Å². The van der Waals surface area contributed by atoms with Gasteiger partial charge in [0.2, 0.25) is 0 Å². The summed E-state index contributed by atoms with van der Waals surface area (Å²) >= 11 is 0. The Kier molecular flexibility index (Phi) is 7.18. The lowest BCUT2D eigenvalue weighted by Gasteiger charge is -2.16. The summed E-state index contributed by atoms with van der Waals surface area (Å²) in [4.78, 5) is 13.1. The lowest BCUT2D eigenvalue weighted by atomic mass is 10.1. The first-order chi connectivity index (χ1) is 15.8. The molecule has 0 bridgehead atoms. The van der Waals surface area contributed by atoms with Gasteiger partial charge in [-0.1, -0.05) is 24.3 Å². The number of sulfone groups is 1. The zero-order valence-corrected chi connectivity index (χ0v) is 21.3. The van der Waals surface area contributed by atoms with E-state index in [1.165, 1.54) is 18.2 Å². The van der Waals surface area contributed by atoms with Gasteiger partial charge in [0.1, 0.15) is 0 Å². The number of amides is 1. The lowest BCUT2D eigenvalue weighted by molar-refractivity contribution is 0.0939. The van der Waals surface area contributed by atoms with E-state index in [1.807, 2.05) is 19.9 Å². The van der Waals surface area contributed by atoms with Gasteiger partial charge in [0, 0.05) is 17.5 Å². The fourth-order valence-corrected chi connectivity index (χ4v) is 5.36. The number of nitrogens with one attached hydrogen (secondary N) is 2. The van der Waals surface area contributed by atoms with Crippen LogP contribution in [0.2, 0.25) is 0 Å². The Hall–Kier alpha value is -3.17. The number of anilines is 1. The molecule has 1 atom stereocenters. The Morgan fingerprint density at radius 2 is 1.41 bits per heavy atom. The molecule has 3 rings (SSSR count). The first-order valence-corrected chi connectivity index (χ1v) is 14.0. The fourth-order valence-electron chi connectivity index (χ4n) is 3.41. The molecule has 0 aliphatic heterocycles. The van der Waals surface area contributed by atoms with Crippen LogP contribution < -0.4 is 10.0 Å². The monoisotopic (exact) mass is 500 g/mol. The second-order valence-electron chi connectivity index (χ2n) is 8.42. The summed E-state index contributed by atoms with van der Waals surface area (Å²) in [5.41, 5.74) is 3.89. The molecule has 0 spiro atoms. The first-order valence-electron chi connectivity index (χ1n) is 10.6. The van der Waals surface area contributed by atoms with Crippen LogP contribution in [0.25, 0.3) is 0 Å². The van der Waals surface area contributed by atoms with Crippen LogP contribution in [0.5, 0.6) is 0 Å². The molecule has 3 aromatic rings. The molecule has 2 N–H and O–H groups in total. The summed E-state index contributed by atoms with van der Waals surface area (Å²) < 4.78 is 52.0. The number of sulfonamides is 1. The van der Waals surface area contributed by atoms with Gasteiger partial charge < -0.3 is 5.32 Å². The van der Waals surface area contributed by atoms with E-state index in [0.717, 1.165) is 22.9 Å². The third-order valence-corrected chi connectivity index (χ3v) is 8.31. The van der Waals surface area contributed by atoms with Crippen LogP contribution in [-0.4, -0.2) is 29.0 Å². The van der Waals surface area contributed by atoms with Crippen molar-refractivity contribution in [3.05, 3.63) is 88.5 Å². The van der Waals surface area contributed by atoms with Crippen LogP contribution >= 0.6 is 0 Å². The van der Waals surface area contributed by atoms with E-state index in [9.17, 15) is 21.6 Å². The number of carbonyl (C=O) groups is 1. The topological polar surface area (TPSA) is 109 Å². The predicted octanol–water partition coefficient (Wildman–Crippen LogP) is 4.31. The van der Waals surface area contributed by atoms with Crippen LogP contribution in [0.15, 0.2) is 70.5 Å². The van der Waals surface area contributed by atoms with Crippen molar-refractivity contribution in [2.45, 2.75) is 43.5 Å². The van der Waals surface area contributed by atoms with Gasteiger partial charge in [0.05, 0.1) is 15.8 Å². The predicted molar refractivity (Wildman–Crippen MR) is 133 cm³/mol. The van der Waals surface area contributed by atoms with Crippen molar-refractivity contribution in [3.8, 4) is 0 Å². The van der Waals surface area contributed by atoms with E-state index in [4.69, 9.17) is 0 Å². The Balaban J connectivity index is 1.81. The Morgan fingerprint density at radius 1 is 0.794 bits per heavy atom. The molecule has 0 saturated carbocycles. The molecule has 1 amide bonds. The molecule has 0 saturated heterocycles. The number of hydrogen-bond donors (Lipinski definition) is 2. The second-order valence-corrected chi connectivity index (χ2v) is 12.1. The van der Waals surface area contributed by atoms with Crippen molar-refractivity contribution in [2.75, 3.05) is 11.0 Å². The number of aryl methyl sites for hydroxylation is 3. The third-order valence-electron chi connectivity index (χ3n) is 5.65. The third kappa shape index (κ3) is 5.84. The first kappa shape index (κ1) is 25.5. The minimum Gasteiger partial charge on any atom is -0.346 e. The molecular formula is C25H28N2O5S2. The molecule has 0 fully saturated rings. The van der Waals surface area contributed by atoms with Gasteiger partial charge in [-0.05, 0) is 86.3 Å². The minimum absolute atomic E-state index is 0.0172. The molecule has 7 nitrogen and oxygen atoms in total. The van der Waals surface area contributed by atoms with E-state index >= 15 is 0 Å². The van der Waals surface area contributed by atoms with Crippen LogP contribution in [-0.2, 0) is 19.9 Å². The van der Waals surface area contributed by atoms with Crippen molar-refractivity contribution in [1.82, 2.24) is 5.32 Å². The van der Waals surface area contributed by atoms with Crippen molar-refractivity contribution >= 4 is 31.5 Å². The standard InChI is InChI=1S/C25H28N2O5S2/c1-16-7-11-22(14-18(16)3)27-34(31,32)24-15-21(8-6-17(24)2)25(28)26-19(4)20-9-12-23(13-10-20)33(5,29)30/h6-15,19,27H,1-5H3,(H,26,28)/t19-/m0/s1. The molecular weight excluding hydrogens is 472 g/mol. The Bertz CT molecular complexity index is 1450. The summed E-state index contributed by atoms with van der Waals surface area (Å²) in [6.45, 7) is 7.28. The molecule has 0 unspecified atom stereocenters. The molecule has 34 heavy (non-hydrogen) atoms. The molecule has 3 aromatic carbocycles. The summed E-state index contributed by atoms with van der Waals surface area (Å²) in [6, 6.07) is 15.6. The summed E-state index contributed by atoms with van der Waals surface area (Å²) in [6.07, 6.45) is 1.13. The van der Waals surface area contributed by atoms with E-state index in [0.29, 0.717) is 11.3 Å². The number of hydrogen-bond acceptors (Lipinski definition) is 5. The molecule has 180 valence electrons. The molecule has 0 aromatic heterocycles. The summed E-state index contributed by atoms with van der Waals surface area (Å²) in [5.74, 6) is -0.442. The van der Waals surface area contributed by atoms with Gasteiger partial charge in [-0.25, -0.2) is 16.8 Å². The molecule has 0 aliphatic carbocycles. The zero-order valence-electron chi connectivity index (χ0n) is 19.7. The smallest absolute Gasteiger partial charge is 0.262 e. The van der Waals surface area contributed by atoms with E-state index in [2.05, 4.69) is 10.0 Å². The highest BCUT2D eigenvalue weighted by Crippen LogP contribution is 2.23. The zero-order chi connectivity index (χ0) is 25.3. The van der Waals surface area contributed by atoms with Crippen LogP contribution in [0.4, 0.5) is 5.69 Å². The van der Waals surface area contributed by atoms with Crippen molar-refractivity contribution in [2.24, 2.45) is 0 Å². The second kappa shape index (κ2) is 9.60. The maximum absolute atomic E-state index is 13.1. The maximum atomic E-state index is 13.1. The van der Waals surface area contributed by atoms with E-state index in [-0.39, 0.29) is 15.4 Å². The Labute approximate surface area is 201 Å². The van der Waals surface area contributed by atoms with Gasteiger partial charge in [-0.15, -0.1) is 0 Å². The van der Waals surface area contributed by atoms with Crippen LogP contribution in [0, 0.1) is 20.8 Å². The summed E-state index contributed by atoms with van der Waals surface area (Å²) in [5, 5.41) is 2.83. The highest BCUT2D eigenvalue weighted by atomic mass is 32.2.